The minimum Gasteiger partial charge on any atom is -0.0844 e. The van der Waals surface area contributed by atoms with Crippen molar-refractivity contribution in [2.75, 3.05) is 0 Å². The van der Waals surface area contributed by atoms with E-state index in [0.717, 1.165) is 0 Å². The first-order valence-corrected chi connectivity index (χ1v) is 15.9. The Labute approximate surface area is 214 Å². The Morgan fingerprint density at radius 2 is 0.676 bits per heavy atom. The third kappa shape index (κ3) is 6.24. The maximum absolute atomic E-state index is 2.53. The summed E-state index contributed by atoms with van der Waals surface area (Å²) in [5, 5.41) is 4.08. The maximum atomic E-state index is 2.53. The highest BCUT2D eigenvalue weighted by Crippen LogP contribution is 2.44. The Kier molecular flexibility index (Phi) is 9.26. The van der Waals surface area contributed by atoms with Gasteiger partial charge in [-0.05, 0) is 52.2 Å². The van der Waals surface area contributed by atoms with E-state index in [2.05, 4.69) is 133 Å². The zero-order valence-corrected chi connectivity index (χ0v) is 23.6. The summed E-state index contributed by atoms with van der Waals surface area (Å²) in [6.45, 7) is 14.8. The molecule has 0 aliphatic carbocycles. The molecule has 3 aromatic rings. The number of rotatable bonds is 12. The van der Waals surface area contributed by atoms with Crippen LogP contribution in [0.15, 0.2) is 91.0 Å². The average Bonchev–Trinajstić information content (AvgIpc) is 2.89. The lowest BCUT2D eigenvalue weighted by Gasteiger charge is -2.40. The molecular formula is C33H45Al. The standard InChI is InChI=1S/3C11H15.Al/c3*1-4-11(2,3)10-8-6-5-7-9-10;/h3*5-9H,2,4H2,1,3H3;. The zero-order chi connectivity index (χ0) is 24.7. The Morgan fingerprint density at radius 1 is 0.441 bits per heavy atom. The van der Waals surface area contributed by atoms with Gasteiger partial charge in [-0.15, -0.1) is 0 Å². The van der Waals surface area contributed by atoms with Gasteiger partial charge in [0.2, 0.25) is 0 Å². The molecule has 3 aromatic carbocycles. The third-order valence-electron chi connectivity index (χ3n) is 8.97. The van der Waals surface area contributed by atoms with E-state index in [0.29, 0.717) is 0 Å². The van der Waals surface area contributed by atoms with Crippen LogP contribution in [0, 0.1) is 0 Å². The number of hydrogen-bond acceptors (Lipinski definition) is 0. The molecule has 3 atom stereocenters. The van der Waals surface area contributed by atoms with E-state index in [1.807, 2.05) is 0 Å². The molecule has 0 radical (unpaired) electrons. The maximum Gasteiger partial charge on any atom is 0.264 e. The van der Waals surface area contributed by atoms with Crippen LogP contribution in [0.2, 0.25) is 15.8 Å². The molecule has 0 saturated heterocycles. The summed E-state index contributed by atoms with van der Waals surface area (Å²) >= 11 is -1.17. The molecule has 0 nitrogen and oxygen atoms in total. The Balaban J connectivity index is 2.00. The van der Waals surface area contributed by atoms with E-state index in [9.17, 15) is 0 Å². The molecule has 0 aromatic heterocycles. The van der Waals surface area contributed by atoms with Crippen LogP contribution in [0.25, 0.3) is 0 Å². The molecule has 1 heteroatoms. The molecule has 0 aliphatic heterocycles. The molecule has 0 heterocycles. The van der Waals surface area contributed by atoms with Crippen molar-refractivity contribution in [1.82, 2.24) is 0 Å². The van der Waals surface area contributed by atoms with Crippen LogP contribution in [-0.2, 0) is 16.2 Å². The predicted molar refractivity (Wildman–Crippen MR) is 152 cm³/mol. The van der Waals surface area contributed by atoms with Crippen molar-refractivity contribution < 1.29 is 0 Å². The smallest absolute Gasteiger partial charge is 0.0844 e. The average molecular weight is 469 g/mol. The fourth-order valence-corrected chi connectivity index (χ4v) is 11.9. The van der Waals surface area contributed by atoms with Crippen molar-refractivity contribution in [3.63, 3.8) is 0 Å². The zero-order valence-electron chi connectivity index (χ0n) is 22.5. The Bertz CT molecular complexity index is 851. The highest BCUT2D eigenvalue weighted by atomic mass is 27.2. The van der Waals surface area contributed by atoms with Gasteiger partial charge in [-0.25, -0.2) is 0 Å². The van der Waals surface area contributed by atoms with E-state index >= 15 is 0 Å². The predicted octanol–water partition coefficient (Wildman–Crippen LogP) is 9.58. The molecule has 3 rings (SSSR count). The second-order valence-electron chi connectivity index (χ2n) is 11.3. The monoisotopic (exact) mass is 468 g/mol. The quantitative estimate of drug-likeness (QED) is 0.232. The van der Waals surface area contributed by atoms with Gasteiger partial charge in [-0.2, -0.15) is 0 Å². The van der Waals surface area contributed by atoms with Crippen molar-refractivity contribution in [2.45, 2.75) is 92.9 Å². The molecule has 3 unspecified atom stereocenters. The fourth-order valence-electron chi connectivity index (χ4n) is 6.05. The topological polar surface area (TPSA) is 0 Å². The molecule has 0 spiro atoms. The fraction of sp³-hybridized carbons (Fsp3) is 0.455. The van der Waals surface area contributed by atoms with Crippen LogP contribution in [0.1, 0.15) is 77.5 Å². The number of benzene rings is 3. The Hall–Kier alpha value is -1.81. The van der Waals surface area contributed by atoms with Gasteiger partial charge in [0.25, 0.3) is 14.1 Å². The van der Waals surface area contributed by atoms with Gasteiger partial charge in [-0.3, -0.25) is 0 Å². The summed E-state index contributed by atoms with van der Waals surface area (Å²) in [7, 11) is 0. The van der Waals surface area contributed by atoms with Crippen molar-refractivity contribution in [2.24, 2.45) is 0 Å². The third-order valence-corrected chi connectivity index (χ3v) is 13.4. The molecular weight excluding hydrogens is 423 g/mol. The van der Waals surface area contributed by atoms with Gasteiger partial charge in [0.1, 0.15) is 0 Å². The molecule has 0 amide bonds. The molecule has 0 bridgehead atoms. The van der Waals surface area contributed by atoms with Crippen LogP contribution in [-0.4, -0.2) is 14.1 Å². The van der Waals surface area contributed by atoms with Gasteiger partial charge in [0.15, 0.2) is 0 Å². The van der Waals surface area contributed by atoms with Gasteiger partial charge in [0.05, 0.1) is 0 Å². The van der Waals surface area contributed by atoms with E-state index in [1.165, 1.54) is 51.8 Å². The molecule has 0 N–H and O–H groups in total. The minimum atomic E-state index is -1.17. The first kappa shape index (κ1) is 26.8. The second kappa shape index (κ2) is 11.8. The lowest BCUT2D eigenvalue weighted by molar-refractivity contribution is 0.457. The summed E-state index contributed by atoms with van der Waals surface area (Å²) in [5.41, 5.74) is 5.29. The van der Waals surface area contributed by atoms with Crippen molar-refractivity contribution in [3.8, 4) is 0 Å². The van der Waals surface area contributed by atoms with E-state index < -0.39 is 14.1 Å². The molecule has 0 saturated carbocycles. The molecule has 0 fully saturated rings. The van der Waals surface area contributed by atoms with Crippen LogP contribution < -0.4 is 0 Å². The summed E-state index contributed by atoms with van der Waals surface area (Å²) in [4.78, 5) is 0. The van der Waals surface area contributed by atoms with Gasteiger partial charge in [-0.1, -0.05) is 148 Å². The Morgan fingerprint density at radius 3 is 0.882 bits per heavy atom. The van der Waals surface area contributed by atoms with Crippen LogP contribution in [0.5, 0.6) is 0 Å². The van der Waals surface area contributed by atoms with E-state index in [4.69, 9.17) is 0 Å². The van der Waals surface area contributed by atoms with Crippen LogP contribution >= 0.6 is 0 Å². The highest BCUT2D eigenvalue weighted by molar-refractivity contribution is 6.59. The summed E-state index contributed by atoms with van der Waals surface area (Å²) < 4.78 is 0. The van der Waals surface area contributed by atoms with Crippen molar-refractivity contribution >= 4 is 14.1 Å². The molecule has 180 valence electrons. The van der Waals surface area contributed by atoms with E-state index in [1.54, 1.807) is 0 Å². The largest absolute Gasteiger partial charge is 0.264 e. The van der Waals surface area contributed by atoms with Crippen LogP contribution in [0.3, 0.4) is 0 Å². The second-order valence-corrected chi connectivity index (χ2v) is 14.3. The summed E-state index contributed by atoms with van der Waals surface area (Å²) in [5.74, 6) is 0. The van der Waals surface area contributed by atoms with Crippen molar-refractivity contribution in [3.05, 3.63) is 108 Å². The lowest BCUT2D eigenvalue weighted by Crippen LogP contribution is -2.38. The molecule has 0 aliphatic rings. The minimum absolute atomic E-state index is 0.245. The van der Waals surface area contributed by atoms with Gasteiger partial charge < -0.3 is 0 Å². The van der Waals surface area contributed by atoms with Crippen molar-refractivity contribution in [1.29, 1.82) is 0 Å². The van der Waals surface area contributed by atoms with Gasteiger partial charge in [0, 0.05) is 0 Å². The first-order valence-electron chi connectivity index (χ1n) is 13.4. The normalized spacial score (nSPS) is 16.8. The summed E-state index contributed by atoms with van der Waals surface area (Å²) in [6.07, 6.45) is 3.59. The SMILES string of the molecule is CCC(C)([CH2][Al]([CH2]C(C)(CC)c1ccccc1)[CH2]C(C)(CC)c1ccccc1)c1ccccc1. The van der Waals surface area contributed by atoms with Gasteiger partial charge >= 0.3 is 0 Å². The van der Waals surface area contributed by atoms with E-state index in [-0.39, 0.29) is 16.2 Å². The molecule has 34 heavy (non-hydrogen) atoms. The lowest BCUT2D eigenvalue weighted by atomic mass is 9.81. The van der Waals surface area contributed by atoms with Crippen LogP contribution in [0.4, 0.5) is 0 Å². The summed E-state index contributed by atoms with van der Waals surface area (Å²) in [6, 6.07) is 34.0. The highest BCUT2D eigenvalue weighted by Gasteiger charge is 2.40. The number of hydrogen-bond donors (Lipinski definition) is 0. The first-order chi connectivity index (χ1) is 16.3.